The van der Waals surface area contributed by atoms with Gasteiger partial charge in [0.15, 0.2) is 17.2 Å². The van der Waals surface area contributed by atoms with Crippen molar-refractivity contribution in [1.29, 1.82) is 0 Å². The van der Waals surface area contributed by atoms with Crippen molar-refractivity contribution in [1.82, 2.24) is 9.80 Å². The molecule has 212 valence electrons. The van der Waals surface area contributed by atoms with Crippen LogP contribution in [0.15, 0.2) is 34.8 Å². The molecule has 2 amide bonds. The van der Waals surface area contributed by atoms with Crippen molar-refractivity contribution in [3.8, 4) is 5.75 Å². The molecular formula is C28H31N3O9. The molecule has 0 radical (unpaired) electrons. The first-order valence-electron chi connectivity index (χ1n) is 13.2. The highest BCUT2D eigenvalue weighted by molar-refractivity contribution is 6.16. The maximum absolute atomic E-state index is 13.9. The number of epoxide rings is 1. The molecule has 6 rings (SSSR count). The summed E-state index contributed by atoms with van der Waals surface area (Å²) in [4.78, 5) is 54.8. The van der Waals surface area contributed by atoms with Gasteiger partial charge >= 0.3 is 0 Å². The number of ketones is 2. The minimum atomic E-state index is -2.43. The minimum absolute atomic E-state index is 0.00891. The largest absolute Gasteiger partial charge is 0.510 e. The molecule has 12 heteroatoms. The summed E-state index contributed by atoms with van der Waals surface area (Å²) in [6.07, 6.45) is 1.87. The fourth-order valence-corrected chi connectivity index (χ4v) is 7.25. The van der Waals surface area contributed by atoms with Crippen molar-refractivity contribution in [3.63, 3.8) is 0 Å². The first-order chi connectivity index (χ1) is 18.8. The van der Waals surface area contributed by atoms with E-state index in [1.54, 1.807) is 19.0 Å². The molecule has 0 aromatic heterocycles. The zero-order chi connectivity index (χ0) is 29.0. The monoisotopic (exact) mass is 553 g/mol. The Morgan fingerprint density at radius 3 is 2.40 bits per heavy atom. The molecule has 0 bridgehead atoms. The summed E-state index contributed by atoms with van der Waals surface area (Å²) >= 11 is 0. The van der Waals surface area contributed by atoms with Gasteiger partial charge in [-0.25, -0.2) is 0 Å². The number of rotatable bonds is 6. The lowest BCUT2D eigenvalue weighted by Gasteiger charge is -2.45. The van der Waals surface area contributed by atoms with E-state index in [4.69, 9.17) is 10.5 Å². The standard InChI is InChI=1S/C28H31N3O9/c1-11(32)31(13-4-5-13)10-18(34)14-6-7-17(33)20-15(14)8-12-9-16-22(30(2)3)24(36)21(26(29)38)28(39)27(16,40-28)25(37)19(12)23(20)35/h6-7,12-13,16,22,33,36-37,39H,4-5,8-10H2,1-3H3,(H2,29,38)/t12?,16-,22-,27-,28?/m0/s1. The normalized spacial score (nSPS) is 32.2. The number of amides is 2. The number of aromatic hydroxyl groups is 1. The van der Waals surface area contributed by atoms with Crippen molar-refractivity contribution in [2.45, 2.75) is 56.1 Å². The fraction of sp³-hybridized carbons (Fsp3) is 0.500. The molecule has 40 heavy (non-hydrogen) atoms. The Bertz CT molecular complexity index is 1480. The summed E-state index contributed by atoms with van der Waals surface area (Å²) in [5.41, 5.74) is 3.28. The third-order valence-electron chi connectivity index (χ3n) is 9.12. The molecule has 2 fully saturated rings. The maximum atomic E-state index is 13.9. The van der Waals surface area contributed by atoms with Gasteiger partial charge in [-0.15, -0.1) is 0 Å². The van der Waals surface area contributed by atoms with Crippen LogP contribution in [0, 0.1) is 11.8 Å². The lowest BCUT2D eigenvalue weighted by atomic mass is 9.60. The molecule has 1 aromatic rings. The molecule has 1 aliphatic heterocycles. The predicted molar refractivity (Wildman–Crippen MR) is 137 cm³/mol. The second-order valence-corrected chi connectivity index (χ2v) is 11.6. The average molecular weight is 554 g/mol. The van der Waals surface area contributed by atoms with E-state index < -0.39 is 58.0 Å². The summed E-state index contributed by atoms with van der Waals surface area (Å²) in [6, 6.07) is 1.79. The smallest absolute Gasteiger partial charge is 0.253 e. The summed E-state index contributed by atoms with van der Waals surface area (Å²) in [5.74, 6) is -7.77. The molecule has 1 aromatic carbocycles. The van der Waals surface area contributed by atoms with Crippen LogP contribution in [0.4, 0.5) is 0 Å². The minimum Gasteiger partial charge on any atom is -0.510 e. The van der Waals surface area contributed by atoms with Gasteiger partial charge in [0.25, 0.3) is 5.91 Å². The van der Waals surface area contributed by atoms with Gasteiger partial charge in [0.1, 0.15) is 22.8 Å². The third-order valence-corrected chi connectivity index (χ3v) is 9.12. The molecule has 4 aliphatic carbocycles. The van der Waals surface area contributed by atoms with E-state index in [1.165, 1.54) is 24.0 Å². The Balaban J connectivity index is 1.45. The molecule has 5 aliphatic rings. The molecule has 1 spiro atoms. The number of likely N-dealkylation sites (N-methyl/N-ethyl adjacent to an activating group) is 1. The van der Waals surface area contributed by atoms with Gasteiger partial charge < -0.3 is 35.8 Å². The number of primary amides is 1. The fourth-order valence-electron chi connectivity index (χ4n) is 7.25. The molecule has 2 unspecified atom stereocenters. The predicted octanol–water partition coefficient (Wildman–Crippen LogP) is 0.472. The molecule has 1 heterocycles. The van der Waals surface area contributed by atoms with Gasteiger partial charge in [-0.3, -0.25) is 24.1 Å². The number of Topliss-reactive ketones (excluding diaryl/α,β-unsaturated/α-hetero) is 2. The SMILES string of the molecule is CC(=O)N(CC(=O)c1ccc(O)c2c1CC1C[C@H]3[C@H](N(C)C)C(O)=C(C(N)=O)C4(O)O[C@]34C(O)=C1C2=O)C1CC1. The number of carbonyl (C=O) groups is 4. The van der Waals surface area contributed by atoms with E-state index in [2.05, 4.69) is 0 Å². The van der Waals surface area contributed by atoms with Crippen LogP contribution in [0.5, 0.6) is 5.75 Å². The number of benzene rings is 1. The zero-order valence-corrected chi connectivity index (χ0v) is 22.3. The Kier molecular flexibility index (Phi) is 5.55. The van der Waals surface area contributed by atoms with Crippen LogP contribution in [0.1, 0.15) is 52.5 Å². The van der Waals surface area contributed by atoms with E-state index in [0.29, 0.717) is 5.56 Å². The van der Waals surface area contributed by atoms with Crippen LogP contribution in [-0.4, -0.2) is 97.7 Å². The van der Waals surface area contributed by atoms with Gasteiger partial charge in [0.2, 0.25) is 11.7 Å². The highest BCUT2D eigenvalue weighted by Crippen LogP contribution is 2.68. The van der Waals surface area contributed by atoms with Gasteiger partial charge in [0.05, 0.1) is 18.2 Å². The number of allylic oxidation sites excluding steroid dienone is 1. The Hall–Kier alpha value is -3.74. The highest BCUT2D eigenvalue weighted by atomic mass is 16.8. The van der Waals surface area contributed by atoms with Gasteiger partial charge in [0, 0.05) is 30.0 Å². The Morgan fingerprint density at radius 1 is 1.15 bits per heavy atom. The van der Waals surface area contributed by atoms with Crippen molar-refractivity contribution < 1.29 is 44.3 Å². The number of hydrogen-bond donors (Lipinski definition) is 5. The van der Waals surface area contributed by atoms with Gasteiger partial charge in [-0.2, -0.15) is 0 Å². The third kappa shape index (κ3) is 3.29. The van der Waals surface area contributed by atoms with Crippen LogP contribution in [-0.2, 0) is 20.7 Å². The van der Waals surface area contributed by atoms with E-state index in [-0.39, 0.29) is 59.6 Å². The first-order valence-corrected chi connectivity index (χ1v) is 13.2. The molecule has 1 saturated heterocycles. The average Bonchev–Trinajstić information content (AvgIpc) is 3.77. The number of hydrogen-bond acceptors (Lipinski definition) is 10. The van der Waals surface area contributed by atoms with Gasteiger partial charge in [-0.1, -0.05) is 0 Å². The number of carbonyl (C=O) groups excluding carboxylic acids is 4. The zero-order valence-electron chi connectivity index (χ0n) is 22.3. The topological polar surface area (TPSA) is 194 Å². The van der Waals surface area contributed by atoms with E-state index >= 15 is 0 Å². The molecule has 5 atom stereocenters. The Morgan fingerprint density at radius 2 is 1.82 bits per heavy atom. The number of phenols is 1. The maximum Gasteiger partial charge on any atom is 0.253 e. The van der Waals surface area contributed by atoms with Crippen molar-refractivity contribution in [3.05, 3.63) is 51.5 Å². The van der Waals surface area contributed by atoms with Crippen LogP contribution >= 0.6 is 0 Å². The number of ether oxygens (including phenoxy) is 1. The highest BCUT2D eigenvalue weighted by Gasteiger charge is 2.84. The number of nitrogens with two attached hydrogens (primary N) is 1. The lowest BCUT2D eigenvalue weighted by Crippen LogP contribution is -2.57. The van der Waals surface area contributed by atoms with Crippen LogP contribution in [0.2, 0.25) is 0 Å². The molecular weight excluding hydrogens is 522 g/mol. The van der Waals surface area contributed by atoms with Crippen molar-refractivity contribution in [2.24, 2.45) is 17.6 Å². The lowest BCUT2D eigenvalue weighted by molar-refractivity contribution is -0.129. The molecule has 6 N–H and O–H groups in total. The molecule has 12 nitrogen and oxygen atoms in total. The van der Waals surface area contributed by atoms with E-state index in [9.17, 15) is 39.6 Å². The number of nitrogens with zero attached hydrogens (tertiary/aromatic N) is 2. The van der Waals surface area contributed by atoms with Crippen molar-refractivity contribution in [2.75, 3.05) is 20.6 Å². The summed E-state index contributed by atoms with van der Waals surface area (Å²) in [7, 11) is 3.29. The number of phenolic OH excluding ortho intramolecular Hbond substituents is 1. The summed E-state index contributed by atoms with van der Waals surface area (Å²) in [6.45, 7) is 1.24. The second kappa shape index (κ2) is 8.38. The second-order valence-electron chi connectivity index (χ2n) is 11.6. The number of fused-ring (bicyclic) bond motifs is 2. The van der Waals surface area contributed by atoms with E-state index in [1.807, 2.05) is 0 Å². The van der Waals surface area contributed by atoms with Crippen LogP contribution in [0.25, 0.3) is 0 Å². The Labute approximate surface area is 229 Å². The summed E-state index contributed by atoms with van der Waals surface area (Å²) < 4.78 is 5.66. The number of aliphatic hydroxyl groups excluding tert-OH is 2. The van der Waals surface area contributed by atoms with Crippen LogP contribution < -0.4 is 5.73 Å². The first kappa shape index (κ1) is 26.5. The molecule has 1 saturated carbocycles. The van der Waals surface area contributed by atoms with Gasteiger partial charge in [-0.05, 0) is 63.4 Å². The van der Waals surface area contributed by atoms with Crippen molar-refractivity contribution >= 4 is 23.4 Å². The quantitative estimate of drug-likeness (QED) is 0.244. The van der Waals surface area contributed by atoms with E-state index in [0.717, 1.165) is 12.8 Å². The summed E-state index contributed by atoms with van der Waals surface area (Å²) in [5, 5.41) is 44.6. The number of aliphatic hydroxyl groups is 3. The van der Waals surface area contributed by atoms with Crippen LogP contribution in [0.3, 0.4) is 0 Å².